The van der Waals surface area contributed by atoms with Gasteiger partial charge in [0.2, 0.25) is 0 Å². The summed E-state index contributed by atoms with van der Waals surface area (Å²) in [5.74, 6) is 3.21. The van der Waals surface area contributed by atoms with Crippen molar-refractivity contribution >= 4 is 0 Å². The Morgan fingerprint density at radius 1 is 1.14 bits per heavy atom. The molecule has 1 heterocycles. The van der Waals surface area contributed by atoms with Crippen LogP contribution in [0.1, 0.15) is 32.1 Å². The van der Waals surface area contributed by atoms with Gasteiger partial charge >= 0.3 is 0 Å². The lowest BCUT2D eigenvalue weighted by atomic mass is 9.87. The molecule has 2 heteroatoms. The molecule has 4 unspecified atom stereocenters. The molecule has 2 saturated carbocycles. The minimum Gasteiger partial charge on any atom is -0.329 e. The van der Waals surface area contributed by atoms with Gasteiger partial charge in [-0.2, -0.15) is 0 Å². The van der Waals surface area contributed by atoms with Gasteiger partial charge in [0.15, 0.2) is 0 Å². The maximum Gasteiger partial charge on any atom is 0.0230 e. The molecular formula is C12H22N2. The van der Waals surface area contributed by atoms with Crippen LogP contribution in [0.4, 0.5) is 0 Å². The fraction of sp³-hybridized carbons (Fsp3) is 1.00. The van der Waals surface area contributed by atoms with E-state index in [9.17, 15) is 0 Å². The highest BCUT2D eigenvalue weighted by molar-refractivity contribution is 4.94. The molecule has 3 rings (SSSR count). The summed E-state index contributed by atoms with van der Waals surface area (Å²) in [6, 6.07) is 0.731. The SMILES string of the molecule is NCC1CCN1CC1CC2CCC1C2. The lowest BCUT2D eigenvalue weighted by molar-refractivity contribution is 0.0641. The van der Waals surface area contributed by atoms with Crippen LogP contribution in [0.5, 0.6) is 0 Å². The zero-order valence-electron chi connectivity index (χ0n) is 8.99. The molecule has 1 aliphatic heterocycles. The molecule has 2 aliphatic carbocycles. The number of fused-ring (bicyclic) bond motifs is 2. The van der Waals surface area contributed by atoms with Crippen LogP contribution in [0.3, 0.4) is 0 Å². The highest BCUT2D eigenvalue weighted by atomic mass is 15.2. The van der Waals surface area contributed by atoms with Crippen molar-refractivity contribution in [2.45, 2.75) is 38.1 Å². The van der Waals surface area contributed by atoms with E-state index < -0.39 is 0 Å². The highest BCUT2D eigenvalue weighted by Crippen LogP contribution is 2.48. The van der Waals surface area contributed by atoms with Crippen molar-refractivity contribution in [3.05, 3.63) is 0 Å². The van der Waals surface area contributed by atoms with Crippen LogP contribution >= 0.6 is 0 Å². The first-order chi connectivity index (χ1) is 6.86. The summed E-state index contributed by atoms with van der Waals surface area (Å²) in [7, 11) is 0. The summed E-state index contributed by atoms with van der Waals surface area (Å²) in [6.45, 7) is 3.56. The zero-order valence-corrected chi connectivity index (χ0v) is 8.99. The Labute approximate surface area is 86.8 Å². The minimum absolute atomic E-state index is 0.731. The van der Waals surface area contributed by atoms with Crippen LogP contribution in [0.2, 0.25) is 0 Å². The van der Waals surface area contributed by atoms with Crippen LogP contribution in [-0.2, 0) is 0 Å². The van der Waals surface area contributed by atoms with Crippen LogP contribution < -0.4 is 5.73 Å². The van der Waals surface area contributed by atoms with E-state index in [-0.39, 0.29) is 0 Å². The second kappa shape index (κ2) is 3.49. The van der Waals surface area contributed by atoms with Gasteiger partial charge < -0.3 is 5.73 Å². The van der Waals surface area contributed by atoms with Gasteiger partial charge in [0.25, 0.3) is 0 Å². The maximum absolute atomic E-state index is 5.73. The van der Waals surface area contributed by atoms with E-state index in [1.54, 1.807) is 6.42 Å². The Morgan fingerprint density at radius 2 is 2.07 bits per heavy atom. The molecule has 2 N–H and O–H groups in total. The molecule has 80 valence electrons. The third kappa shape index (κ3) is 1.40. The lowest BCUT2D eigenvalue weighted by Crippen LogP contribution is -2.53. The molecule has 4 atom stereocenters. The molecule has 0 aromatic carbocycles. The van der Waals surface area contributed by atoms with E-state index in [4.69, 9.17) is 5.73 Å². The maximum atomic E-state index is 5.73. The van der Waals surface area contributed by atoms with Crippen molar-refractivity contribution < 1.29 is 0 Å². The predicted octanol–water partition coefficient (Wildman–Crippen LogP) is 1.46. The topological polar surface area (TPSA) is 29.3 Å². The van der Waals surface area contributed by atoms with Crippen molar-refractivity contribution in [3.63, 3.8) is 0 Å². The van der Waals surface area contributed by atoms with Crippen molar-refractivity contribution in [2.75, 3.05) is 19.6 Å². The first-order valence-electron chi connectivity index (χ1n) is 6.31. The number of nitrogens with two attached hydrogens (primary N) is 1. The largest absolute Gasteiger partial charge is 0.329 e. The Hall–Kier alpha value is -0.0800. The fourth-order valence-corrected chi connectivity index (χ4v) is 3.90. The smallest absolute Gasteiger partial charge is 0.0230 e. The van der Waals surface area contributed by atoms with E-state index in [0.717, 1.165) is 30.3 Å². The summed E-state index contributed by atoms with van der Waals surface area (Å²) < 4.78 is 0. The molecule has 14 heavy (non-hydrogen) atoms. The normalized spacial score (nSPS) is 46.9. The molecular weight excluding hydrogens is 172 g/mol. The van der Waals surface area contributed by atoms with Crippen LogP contribution in [0.25, 0.3) is 0 Å². The van der Waals surface area contributed by atoms with Gasteiger partial charge in [0.1, 0.15) is 0 Å². The monoisotopic (exact) mass is 194 g/mol. The number of nitrogens with zero attached hydrogens (tertiary/aromatic N) is 1. The number of rotatable bonds is 3. The summed E-state index contributed by atoms with van der Waals surface area (Å²) in [5, 5.41) is 0. The molecule has 3 fully saturated rings. The van der Waals surface area contributed by atoms with E-state index in [2.05, 4.69) is 4.90 Å². The quantitative estimate of drug-likeness (QED) is 0.737. The van der Waals surface area contributed by atoms with Gasteiger partial charge in [-0.3, -0.25) is 4.90 Å². The van der Waals surface area contributed by atoms with E-state index in [0.29, 0.717) is 0 Å². The zero-order chi connectivity index (χ0) is 9.54. The fourth-order valence-electron chi connectivity index (χ4n) is 3.90. The van der Waals surface area contributed by atoms with Gasteiger partial charge in [-0.05, 0) is 43.4 Å². The molecule has 0 amide bonds. The third-order valence-electron chi connectivity index (χ3n) is 4.89. The van der Waals surface area contributed by atoms with Crippen molar-refractivity contribution in [1.29, 1.82) is 0 Å². The third-order valence-corrected chi connectivity index (χ3v) is 4.89. The van der Waals surface area contributed by atoms with Gasteiger partial charge in [0, 0.05) is 25.7 Å². The van der Waals surface area contributed by atoms with E-state index >= 15 is 0 Å². The summed E-state index contributed by atoms with van der Waals surface area (Å²) in [4.78, 5) is 2.63. The Morgan fingerprint density at radius 3 is 2.57 bits per heavy atom. The Bertz CT molecular complexity index is 214. The lowest BCUT2D eigenvalue weighted by Gasteiger charge is -2.43. The van der Waals surface area contributed by atoms with Crippen LogP contribution in [-0.4, -0.2) is 30.6 Å². The summed E-state index contributed by atoms with van der Waals surface area (Å²) >= 11 is 0. The predicted molar refractivity (Wildman–Crippen MR) is 58.0 cm³/mol. The van der Waals surface area contributed by atoms with E-state index in [1.165, 1.54) is 38.8 Å². The standard InChI is InChI=1S/C12H22N2/c13-7-12-3-4-14(12)8-11-6-9-1-2-10(11)5-9/h9-12H,1-8,13H2. The second-order valence-electron chi connectivity index (χ2n) is 5.61. The summed E-state index contributed by atoms with van der Waals surface area (Å²) in [6.07, 6.45) is 7.47. The van der Waals surface area contributed by atoms with Gasteiger partial charge in [-0.15, -0.1) is 0 Å². The number of likely N-dealkylation sites (tertiary alicyclic amines) is 1. The van der Waals surface area contributed by atoms with Gasteiger partial charge in [-0.25, -0.2) is 0 Å². The van der Waals surface area contributed by atoms with Crippen LogP contribution in [0.15, 0.2) is 0 Å². The molecule has 0 aromatic heterocycles. The highest BCUT2D eigenvalue weighted by Gasteiger charge is 2.41. The summed E-state index contributed by atoms with van der Waals surface area (Å²) in [5.41, 5.74) is 5.73. The van der Waals surface area contributed by atoms with Crippen molar-refractivity contribution in [2.24, 2.45) is 23.5 Å². The van der Waals surface area contributed by atoms with Crippen molar-refractivity contribution in [1.82, 2.24) is 4.90 Å². The van der Waals surface area contributed by atoms with Crippen LogP contribution in [0, 0.1) is 17.8 Å². The number of hydrogen-bond donors (Lipinski definition) is 1. The molecule has 0 spiro atoms. The van der Waals surface area contributed by atoms with Gasteiger partial charge in [0.05, 0.1) is 0 Å². The Kier molecular flexibility index (Phi) is 2.29. The molecule has 1 saturated heterocycles. The number of hydrogen-bond acceptors (Lipinski definition) is 2. The Balaban J connectivity index is 1.53. The average Bonchev–Trinajstić information content (AvgIpc) is 2.74. The average molecular weight is 194 g/mol. The molecule has 3 aliphatic rings. The first-order valence-corrected chi connectivity index (χ1v) is 6.31. The minimum atomic E-state index is 0.731. The molecule has 0 aromatic rings. The molecule has 0 radical (unpaired) electrons. The molecule has 2 nitrogen and oxygen atoms in total. The van der Waals surface area contributed by atoms with Gasteiger partial charge in [-0.1, -0.05) is 6.42 Å². The first kappa shape index (κ1) is 9.17. The van der Waals surface area contributed by atoms with Crippen molar-refractivity contribution in [3.8, 4) is 0 Å². The molecule has 2 bridgehead atoms. The van der Waals surface area contributed by atoms with E-state index in [1.807, 2.05) is 0 Å². The second-order valence-corrected chi connectivity index (χ2v) is 5.61.